The van der Waals surface area contributed by atoms with E-state index in [-0.39, 0.29) is 5.97 Å². The molecule has 0 heterocycles. The van der Waals surface area contributed by atoms with Crippen LogP contribution in [0, 0.1) is 5.92 Å². The quantitative estimate of drug-likeness (QED) is 0.500. The maximum Gasteiger partial charge on any atom is 0.311 e. The summed E-state index contributed by atoms with van der Waals surface area (Å²) in [6, 6.07) is 0. The molecule has 0 bridgehead atoms. The minimum Gasteiger partial charge on any atom is -0.469 e. The number of unbranched alkanes of at least 4 members (excludes halogenated alkanes) is 4. The summed E-state index contributed by atoms with van der Waals surface area (Å²) in [5.41, 5.74) is -0.936. The van der Waals surface area contributed by atoms with Gasteiger partial charge < -0.3 is 9.84 Å². The highest BCUT2D eigenvalue weighted by molar-refractivity contribution is 5.73. The van der Waals surface area contributed by atoms with E-state index >= 15 is 0 Å². The Morgan fingerprint density at radius 1 is 1.24 bits per heavy atom. The molecular formula is C14H28O3. The average Bonchev–Trinajstić information content (AvgIpc) is 2.29. The van der Waals surface area contributed by atoms with Crippen LogP contribution >= 0.6 is 0 Å². The van der Waals surface area contributed by atoms with Gasteiger partial charge >= 0.3 is 5.97 Å². The fourth-order valence-corrected chi connectivity index (χ4v) is 2.26. The third-order valence-electron chi connectivity index (χ3n) is 3.43. The third kappa shape index (κ3) is 6.06. The lowest BCUT2D eigenvalue weighted by Crippen LogP contribution is -2.39. The molecule has 1 N–H and O–H groups in total. The first-order chi connectivity index (χ1) is 7.99. The lowest BCUT2D eigenvalue weighted by molar-refractivity contribution is -0.155. The van der Waals surface area contributed by atoms with Crippen molar-refractivity contribution in [3.63, 3.8) is 0 Å². The first-order valence-corrected chi connectivity index (χ1v) is 6.79. The molecule has 0 aliphatic carbocycles. The summed E-state index contributed by atoms with van der Waals surface area (Å²) in [4.78, 5) is 11.5. The van der Waals surface area contributed by atoms with E-state index in [1.54, 1.807) is 6.92 Å². The molecule has 2 unspecified atom stereocenters. The van der Waals surface area contributed by atoms with Gasteiger partial charge in [-0.15, -0.1) is 0 Å². The van der Waals surface area contributed by atoms with Gasteiger partial charge in [0.1, 0.15) is 0 Å². The smallest absolute Gasteiger partial charge is 0.311 e. The van der Waals surface area contributed by atoms with E-state index in [1.165, 1.54) is 26.4 Å². The van der Waals surface area contributed by atoms with E-state index in [0.29, 0.717) is 12.8 Å². The van der Waals surface area contributed by atoms with Gasteiger partial charge in [-0.3, -0.25) is 4.79 Å². The third-order valence-corrected chi connectivity index (χ3v) is 3.43. The van der Waals surface area contributed by atoms with Crippen LogP contribution in [0.2, 0.25) is 0 Å². The standard InChI is InChI=1S/C14H28O3/c1-5-7-8-9-10-11-14(3,16)12(6-2)13(15)17-4/h12,16H,5-11H2,1-4H3. The lowest BCUT2D eigenvalue weighted by atomic mass is 9.83. The van der Waals surface area contributed by atoms with E-state index in [4.69, 9.17) is 4.74 Å². The summed E-state index contributed by atoms with van der Waals surface area (Å²) in [6.07, 6.45) is 7.06. The molecule has 17 heavy (non-hydrogen) atoms. The van der Waals surface area contributed by atoms with E-state index < -0.39 is 11.5 Å². The molecule has 0 saturated heterocycles. The minimum atomic E-state index is -0.936. The number of carbonyl (C=O) groups is 1. The van der Waals surface area contributed by atoms with Crippen LogP contribution in [0.5, 0.6) is 0 Å². The number of carbonyl (C=O) groups excluding carboxylic acids is 1. The topological polar surface area (TPSA) is 46.5 Å². The van der Waals surface area contributed by atoms with Crippen molar-refractivity contribution in [2.45, 2.75) is 71.3 Å². The SMILES string of the molecule is CCCCCCCC(C)(O)C(CC)C(=O)OC. The molecule has 2 atom stereocenters. The molecule has 0 rings (SSSR count). The van der Waals surface area contributed by atoms with Crippen molar-refractivity contribution in [1.29, 1.82) is 0 Å². The van der Waals surface area contributed by atoms with Crippen molar-refractivity contribution in [2.24, 2.45) is 5.92 Å². The second-order valence-electron chi connectivity index (χ2n) is 5.01. The summed E-state index contributed by atoms with van der Waals surface area (Å²) < 4.78 is 4.74. The van der Waals surface area contributed by atoms with Crippen LogP contribution in [0.1, 0.15) is 65.7 Å². The van der Waals surface area contributed by atoms with Gasteiger partial charge in [-0.05, 0) is 19.8 Å². The highest BCUT2D eigenvalue weighted by Gasteiger charge is 2.36. The molecule has 0 aliphatic heterocycles. The van der Waals surface area contributed by atoms with Gasteiger partial charge in [0.25, 0.3) is 0 Å². The Balaban J connectivity index is 4.10. The predicted molar refractivity (Wildman–Crippen MR) is 69.8 cm³/mol. The predicted octanol–water partition coefficient (Wildman–Crippen LogP) is 3.30. The summed E-state index contributed by atoms with van der Waals surface area (Å²) in [5.74, 6) is -0.704. The van der Waals surface area contributed by atoms with Crippen molar-refractivity contribution < 1.29 is 14.6 Å². The van der Waals surface area contributed by atoms with Crippen LogP contribution < -0.4 is 0 Å². The van der Waals surface area contributed by atoms with Gasteiger partial charge in [0.2, 0.25) is 0 Å². The van der Waals surface area contributed by atoms with Crippen LogP contribution in [-0.4, -0.2) is 23.8 Å². The zero-order chi connectivity index (χ0) is 13.3. The van der Waals surface area contributed by atoms with Gasteiger partial charge in [0.15, 0.2) is 0 Å². The number of ether oxygens (including phenoxy) is 1. The second kappa shape index (κ2) is 8.51. The van der Waals surface area contributed by atoms with E-state index in [9.17, 15) is 9.90 Å². The van der Waals surface area contributed by atoms with Crippen molar-refractivity contribution >= 4 is 5.97 Å². The fourth-order valence-electron chi connectivity index (χ4n) is 2.26. The normalized spacial score (nSPS) is 16.3. The number of hydrogen-bond donors (Lipinski definition) is 1. The summed E-state index contributed by atoms with van der Waals surface area (Å²) in [7, 11) is 1.38. The van der Waals surface area contributed by atoms with Crippen molar-refractivity contribution in [1.82, 2.24) is 0 Å². The average molecular weight is 244 g/mol. The van der Waals surface area contributed by atoms with E-state index in [1.807, 2.05) is 6.92 Å². The molecule has 0 aromatic carbocycles. The Hall–Kier alpha value is -0.570. The van der Waals surface area contributed by atoms with Crippen LogP contribution in [0.25, 0.3) is 0 Å². The molecule has 0 aromatic heterocycles. The van der Waals surface area contributed by atoms with Crippen molar-refractivity contribution in [3.8, 4) is 0 Å². The largest absolute Gasteiger partial charge is 0.469 e. The first-order valence-electron chi connectivity index (χ1n) is 6.79. The molecule has 0 aliphatic rings. The molecule has 102 valence electrons. The number of hydrogen-bond acceptors (Lipinski definition) is 3. The fraction of sp³-hybridized carbons (Fsp3) is 0.929. The maximum absolute atomic E-state index is 11.5. The zero-order valence-corrected chi connectivity index (χ0v) is 11.8. The Kier molecular flexibility index (Phi) is 8.23. The number of aliphatic hydroxyl groups is 1. The van der Waals surface area contributed by atoms with Gasteiger partial charge in [-0.2, -0.15) is 0 Å². The Morgan fingerprint density at radius 2 is 1.82 bits per heavy atom. The molecule has 3 nitrogen and oxygen atoms in total. The zero-order valence-electron chi connectivity index (χ0n) is 11.8. The summed E-state index contributed by atoms with van der Waals surface area (Å²) in [6.45, 7) is 5.84. The summed E-state index contributed by atoms with van der Waals surface area (Å²) in [5, 5.41) is 10.3. The van der Waals surface area contributed by atoms with Crippen LogP contribution in [0.3, 0.4) is 0 Å². The molecule has 3 heteroatoms. The highest BCUT2D eigenvalue weighted by atomic mass is 16.5. The lowest BCUT2D eigenvalue weighted by Gasteiger charge is -2.30. The van der Waals surface area contributed by atoms with Gasteiger partial charge in [0, 0.05) is 0 Å². The van der Waals surface area contributed by atoms with Crippen LogP contribution in [0.4, 0.5) is 0 Å². The molecule has 0 saturated carbocycles. The molecular weight excluding hydrogens is 216 g/mol. The first kappa shape index (κ1) is 16.4. The van der Waals surface area contributed by atoms with Gasteiger partial charge in [0.05, 0.1) is 18.6 Å². The minimum absolute atomic E-state index is 0.300. The summed E-state index contributed by atoms with van der Waals surface area (Å²) >= 11 is 0. The van der Waals surface area contributed by atoms with E-state index in [0.717, 1.165) is 12.8 Å². The number of methoxy groups -OCH3 is 1. The Bertz CT molecular complexity index is 212. The highest BCUT2D eigenvalue weighted by Crippen LogP contribution is 2.27. The van der Waals surface area contributed by atoms with Crippen molar-refractivity contribution in [3.05, 3.63) is 0 Å². The molecule has 0 radical (unpaired) electrons. The molecule has 0 amide bonds. The number of rotatable bonds is 9. The maximum atomic E-state index is 11.5. The van der Waals surface area contributed by atoms with Crippen molar-refractivity contribution in [2.75, 3.05) is 7.11 Å². The Labute approximate surface area is 106 Å². The van der Waals surface area contributed by atoms with Crippen LogP contribution in [-0.2, 0) is 9.53 Å². The molecule has 0 fully saturated rings. The molecule has 0 aromatic rings. The van der Waals surface area contributed by atoms with E-state index in [2.05, 4.69) is 6.92 Å². The monoisotopic (exact) mass is 244 g/mol. The number of esters is 1. The second-order valence-corrected chi connectivity index (χ2v) is 5.01. The Morgan fingerprint density at radius 3 is 2.29 bits per heavy atom. The van der Waals surface area contributed by atoms with Crippen LogP contribution in [0.15, 0.2) is 0 Å². The molecule has 0 spiro atoms. The van der Waals surface area contributed by atoms with Gasteiger partial charge in [-0.1, -0.05) is 46.0 Å². The van der Waals surface area contributed by atoms with Gasteiger partial charge in [-0.25, -0.2) is 0 Å².